The van der Waals surface area contributed by atoms with Crippen LogP contribution in [-0.2, 0) is 6.18 Å². The number of benzene rings is 2. The van der Waals surface area contributed by atoms with E-state index in [0.29, 0.717) is 18.7 Å². The van der Waals surface area contributed by atoms with Gasteiger partial charge in [-0.15, -0.1) is 0 Å². The predicted molar refractivity (Wildman–Crippen MR) is 110 cm³/mol. The number of alkyl halides is 3. The van der Waals surface area contributed by atoms with Crippen molar-refractivity contribution >= 4 is 17.5 Å². The van der Waals surface area contributed by atoms with Gasteiger partial charge in [0, 0.05) is 12.6 Å². The molecule has 0 saturated carbocycles. The van der Waals surface area contributed by atoms with Crippen LogP contribution < -0.4 is 4.74 Å². The van der Waals surface area contributed by atoms with Crippen LogP contribution >= 0.6 is 11.6 Å². The Hall–Kier alpha value is -3.00. The van der Waals surface area contributed by atoms with E-state index in [1.807, 2.05) is 18.2 Å². The van der Waals surface area contributed by atoms with Crippen LogP contribution in [0.25, 0.3) is 5.69 Å². The molecule has 5 nitrogen and oxygen atoms in total. The fourth-order valence-corrected chi connectivity index (χ4v) is 4.05. The highest BCUT2D eigenvalue weighted by Crippen LogP contribution is 2.36. The molecule has 3 aromatic rings. The van der Waals surface area contributed by atoms with Crippen LogP contribution in [0.1, 0.15) is 40.6 Å². The number of halogens is 4. The van der Waals surface area contributed by atoms with Gasteiger partial charge in [0.05, 0.1) is 23.9 Å². The largest absolute Gasteiger partial charge is 0.497 e. The van der Waals surface area contributed by atoms with E-state index in [2.05, 4.69) is 5.10 Å². The molecule has 0 aliphatic carbocycles. The van der Waals surface area contributed by atoms with Crippen LogP contribution in [-0.4, -0.2) is 34.2 Å². The topological polar surface area (TPSA) is 47.4 Å². The molecule has 31 heavy (non-hydrogen) atoms. The van der Waals surface area contributed by atoms with Crippen molar-refractivity contribution < 1.29 is 22.7 Å². The van der Waals surface area contributed by atoms with Gasteiger partial charge in [-0.25, -0.2) is 4.68 Å². The Kier molecular flexibility index (Phi) is 5.66. The number of carbonyl (C=O) groups is 1. The van der Waals surface area contributed by atoms with Crippen molar-refractivity contribution in [3.05, 3.63) is 76.6 Å². The normalized spacial score (nSPS) is 16.5. The van der Waals surface area contributed by atoms with E-state index < -0.39 is 17.8 Å². The number of carbonyl (C=O) groups excluding carboxylic acids is 1. The third-order valence-electron chi connectivity index (χ3n) is 5.29. The lowest BCUT2D eigenvalue weighted by molar-refractivity contribution is -0.141. The van der Waals surface area contributed by atoms with Crippen molar-refractivity contribution in [2.24, 2.45) is 0 Å². The number of aromatic nitrogens is 2. The number of nitrogens with zero attached hydrogens (tertiary/aromatic N) is 3. The Morgan fingerprint density at radius 1 is 1.16 bits per heavy atom. The van der Waals surface area contributed by atoms with Gasteiger partial charge in [-0.3, -0.25) is 4.79 Å². The van der Waals surface area contributed by atoms with Crippen molar-refractivity contribution in [2.75, 3.05) is 13.7 Å². The first kappa shape index (κ1) is 21.2. The molecule has 0 N–H and O–H groups in total. The van der Waals surface area contributed by atoms with Gasteiger partial charge in [0.1, 0.15) is 11.4 Å². The van der Waals surface area contributed by atoms with E-state index >= 15 is 0 Å². The number of methoxy groups -OCH3 is 1. The van der Waals surface area contributed by atoms with Gasteiger partial charge >= 0.3 is 6.18 Å². The highest BCUT2D eigenvalue weighted by molar-refractivity contribution is 6.32. The fraction of sp³-hybridized carbons (Fsp3) is 0.273. The van der Waals surface area contributed by atoms with E-state index in [9.17, 15) is 18.0 Å². The van der Waals surface area contributed by atoms with Crippen LogP contribution in [0.2, 0.25) is 5.02 Å². The maximum absolute atomic E-state index is 13.5. The zero-order chi connectivity index (χ0) is 22.2. The van der Waals surface area contributed by atoms with Crippen LogP contribution in [0.5, 0.6) is 5.75 Å². The number of hydrogen-bond donors (Lipinski definition) is 0. The molecular weight excluding hydrogens is 431 g/mol. The molecule has 162 valence electrons. The van der Waals surface area contributed by atoms with Gasteiger partial charge in [0.15, 0.2) is 5.69 Å². The number of rotatable bonds is 4. The summed E-state index contributed by atoms with van der Waals surface area (Å²) in [6.07, 6.45) is -3.26. The molecule has 0 bridgehead atoms. The Morgan fingerprint density at radius 2 is 1.94 bits per heavy atom. The number of likely N-dealkylation sites (tertiary alicyclic amines) is 1. The third-order valence-corrected chi connectivity index (χ3v) is 5.61. The Bertz CT molecular complexity index is 1110. The Morgan fingerprint density at radius 3 is 2.65 bits per heavy atom. The summed E-state index contributed by atoms with van der Waals surface area (Å²) in [6.45, 7) is 0.426. The Labute approximate surface area is 182 Å². The highest BCUT2D eigenvalue weighted by atomic mass is 35.5. The molecule has 1 saturated heterocycles. The van der Waals surface area contributed by atoms with Gasteiger partial charge in [-0.05, 0) is 42.7 Å². The number of para-hydroxylation sites is 1. The SMILES string of the molecule is COc1cccc(C2CCCN2C(=O)c2cc(C(F)(F)F)nn2-c2ccccc2Cl)c1. The maximum Gasteiger partial charge on any atom is 0.435 e. The highest BCUT2D eigenvalue weighted by Gasteiger charge is 2.39. The summed E-state index contributed by atoms with van der Waals surface area (Å²) in [5.41, 5.74) is -0.256. The lowest BCUT2D eigenvalue weighted by atomic mass is 10.0. The minimum Gasteiger partial charge on any atom is -0.497 e. The van der Waals surface area contributed by atoms with Crippen molar-refractivity contribution in [3.63, 3.8) is 0 Å². The number of hydrogen-bond acceptors (Lipinski definition) is 3. The zero-order valence-corrected chi connectivity index (χ0v) is 17.3. The van der Waals surface area contributed by atoms with Gasteiger partial charge in [0.25, 0.3) is 5.91 Å². The second-order valence-electron chi connectivity index (χ2n) is 7.21. The van der Waals surface area contributed by atoms with Gasteiger partial charge in [-0.2, -0.15) is 18.3 Å². The molecule has 2 aromatic carbocycles. The van der Waals surface area contributed by atoms with E-state index in [4.69, 9.17) is 16.3 Å². The average molecular weight is 450 g/mol. The molecule has 1 atom stereocenters. The lowest BCUT2D eigenvalue weighted by Gasteiger charge is -2.25. The molecule has 0 radical (unpaired) electrons. The monoisotopic (exact) mass is 449 g/mol. The van der Waals surface area contributed by atoms with E-state index in [1.54, 1.807) is 30.2 Å². The standard InChI is InChI=1S/C22H19ClF3N3O2/c1-31-15-7-4-6-14(12-15)17-10-5-11-28(17)21(30)19-13-20(22(24,25)26)27-29(19)18-9-3-2-8-16(18)23/h2-4,6-9,12-13,17H,5,10-11H2,1H3. The molecule has 1 aliphatic heterocycles. The predicted octanol–water partition coefficient (Wildman–Crippen LogP) is 5.53. The maximum atomic E-state index is 13.5. The quantitative estimate of drug-likeness (QED) is 0.526. The summed E-state index contributed by atoms with van der Waals surface area (Å²) in [6, 6.07) is 14.2. The summed E-state index contributed by atoms with van der Waals surface area (Å²) in [7, 11) is 1.55. The first-order chi connectivity index (χ1) is 14.8. The van der Waals surface area contributed by atoms with Crippen LogP contribution in [0.15, 0.2) is 54.6 Å². The summed E-state index contributed by atoms with van der Waals surface area (Å²) < 4.78 is 46.5. The second kappa shape index (κ2) is 8.26. The first-order valence-electron chi connectivity index (χ1n) is 9.66. The van der Waals surface area contributed by atoms with E-state index in [1.165, 1.54) is 12.1 Å². The summed E-state index contributed by atoms with van der Waals surface area (Å²) in [4.78, 5) is 15.0. The molecule has 1 aromatic heterocycles. The lowest BCUT2D eigenvalue weighted by Crippen LogP contribution is -2.32. The van der Waals surface area contributed by atoms with Crippen LogP contribution in [0, 0.1) is 0 Å². The molecule has 0 spiro atoms. The summed E-state index contributed by atoms with van der Waals surface area (Å²) >= 11 is 6.20. The molecule has 2 heterocycles. The molecular formula is C22H19ClF3N3O2. The Balaban J connectivity index is 1.77. The van der Waals surface area contributed by atoms with E-state index in [0.717, 1.165) is 22.7 Å². The van der Waals surface area contributed by atoms with Crippen LogP contribution in [0.3, 0.4) is 0 Å². The summed E-state index contributed by atoms with van der Waals surface area (Å²) in [5, 5.41) is 3.86. The minimum atomic E-state index is -4.70. The fourth-order valence-electron chi connectivity index (χ4n) is 3.83. The summed E-state index contributed by atoms with van der Waals surface area (Å²) in [5.74, 6) is 0.116. The van der Waals surface area contributed by atoms with Crippen molar-refractivity contribution in [3.8, 4) is 11.4 Å². The zero-order valence-electron chi connectivity index (χ0n) is 16.6. The average Bonchev–Trinajstić information content (AvgIpc) is 3.41. The van der Waals surface area contributed by atoms with Crippen LogP contribution in [0.4, 0.5) is 13.2 Å². The molecule has 4 rings (SSSR count). The number of ether oxygens (including phenoxy) is 1. The van der Waals surface area contributed by atoms with Gasteiger partial charge < -0.3 is 9.64 Å². The molecule has 1 aliphatic rings. The third kappa shape index (κ3) is 4.12. The molecule has 1 unspecified atom stereocenters. The van der Waals surface area contributed by atoms with Crippen molar-refractivity contribution in [2.45, 2.75) is 25.1 Å². The molecule has 1 amide bonds. The van der Waals surface area contributed by atoms with Gasteiger partial charge in [0.2, 0.25) is 0 Å². The first-order valence-corrected chi connectivity index (χ1v) is 10.0. The smallest absolute Gasteiger partial charge is 0.435 e. The van der Waals surface area contributed by atoms with Crippen molar-refractivity contribution in [1.29, 1.82) is 0 Å². The van der Waals surface area contributed by atoms with Gasteiger partial charge in [-0.1, -0.05) is 35.9 Å². The minimum absolute atomic E-state index is 0.185. The molecule has 9 heteroatoms. The van der Waals surface area contributed by atoms with Crippen molar-refractivity contribution in [1.82, 2.24) is 14.7 Å². The second-order valence-corrected chi connectivity index (χ2v) is 7.62. The molecule has 1 fully saturated rings. The number of amides is 1. The van der Waals surface area contributed by atoms with E-state index in [-0.39, 0.29) is 22.4 Å².